The number of nitrogens with two attached hydrogens (primary N) is 1. The number of likely N-dealkylation sites (N-methyl/N-ethyl adjacent to an activating group) is 1. The lowest BCUT2D eigenvalue weighted by atomic mass is 9.72. The maximum atomic E-state index is 6.22. The fraction of sp³-hybridized carbons (Fsp3) is 1.00. The first-order valence-electron chi connectivity index (χ1n) is 7.87. The molecule has 3 atom stereocenters. The van der Waals surface area contributed by atoms with E-state index in [-0.39, 0.29) is 5.54 Å². The lowest BCUT2D eigenvalue weighted by Crippen LogP contribution is -2.58. The molecule has 1 aliphatic rings. The first-order chi connectivity index (χ1) is 8.95. The van der Waals surface area contributed by atoms with E-state index in [9.17, 15) is 0 Å². The standard InChI is InChI=1S/C16H34N2S/c1-13(2)9-15-7-6-8-16(10-15,12-17)18(4)14(3)11-19-5/h13-15H,6-12,17H2,1-5H3. The SMILES string of the molecule is CSCC(C)N(C)C1(CN)CCCC(CC(C)C)C1. The van der Waals surface area contributed by atoms with E-state index in [0.29, 0.717) is 6.04 Å². The van der Waals surface area contributed by atoms with Crippen molar-refractivity contribution in [2.75, 3.05) is 25.6 Å². The van der Waals surface area contributed by atoms with Gasteiger partial charge in [0.25, 0.3) is 0 Å². The number of thioether (sulfide) groups is 1. The van der Waals surface area contributed by atoms with Crippen molar-refractivity contribution in [3.8, 4) is 0 Å². The lowest BCUT2D eigenvalue weighted by Gasteiger charge is -2.49. The van der Waals surface area contributed by atoms with Crippen molar-refractivity contribution in [2.45, 2.75) is 64.5 Å². The predicted molar refractivity (Wildman–Crippen MR) is 88.8 cm³/mol. The fourth-order valence-electron chi connectivity index (χ4n) is 3.80. The zero-order chi connectivity index (χ0) is 14.5. The van der Waals surface area contributed by atoms with Crippen LogP contribution < -0.4 is 5.73 Å². The molecule has 0 spiro atoms. The van der Waals surface area contributed by atoms with Crippen LogP contribution >= 0.6 is 11.8 Å². The van der Waals surface area contributed by atoms with E-state index in [0.717, 1.165) is 18.4 Å². The van der Waals surface area contributed by atoms with Gasteiger partial charge in [-0.2, -0.15) is 11.8 Å². The van der Waals surface area contributed by atoms with Gasteiger partial charge in [-0.25, -0.2) is 0 Å². The van der Waals surface area contributed by atoms with Crippen LogP contribution in [0.15, 0.2) is 0 Å². The highest BCUT2D eigenvalue weighted by molar-refractivity contribution is 7.98. The van der Waals surface area contributed by atoms with Crippen molar-refractivity contribution < 1.29 is 0 Å². The van der Waals surface area contributed by atoms with E-state index in [1.54, 1.807) is 0 Å². The van der Waals surface area contributed by atoms with Gasteiger partial charge in [0.1, 0.15) is 0 Å². The van der Waals surface area contributed by atoms with Gasteiger partial charge in [-0.1, -0.05) is 26.7 Å². The van der Waals surface area contributed by atoms with Gasteiger partial charge in [-0.3, -0.25) is 4.90 Å². The average Bonchev–Trinajstić information content (AvgIpc) is 2.37. The summed E-state index contributed by atoms with van der Waals surface area (Å²) in [4.78, 5) is 2.59. The third kappa shape index (κ3) is 4.64. The molecule has 0 aliphatic heterocycles. The van der Waals surface area contributed by atoms with Gasteiger partial charge < -0.3 is 5.73 Å². The van der Waals surface area contributed by atoms with Crippen molar-refractivity contribution >= 4 is 11.8 Å². The lowest BCUT2D eigenvalue weighted by molar-refractivity contribution is 0.0316. The zero-order valence-corrected chi connectivity index (χ0v) is 14.4. The second-order valence-corrected chi connectivity index (χ2v) is 7.85. The molecule has 2 N–H and O–H groups in total. The molecule has 2 nitrogen and oxygen atoms in total. The van der Waals surface area contributed by atoms with Crippen molar-refractivity contribution in [3.63, 3.8) is 0 Å². The number of rotatable bonds is 7. The molecule has 0 saturated heterocycles. The fourth-order valence-corrected chi connectivity index (χ4v) is 4.51. The summed E-state index contributed by atoms with van der Waals surface area (Å²) in [5.41, 5.74) is 6.47. The second kappa shape index (κ2) is 7.90. The largest absolute Gasteiger partial charge is 0.329 e. The van der Waals surface area contributed by atoms with Gasteiger partial charge in [-0.15, -0.1) is 0 Å². The Morgan fingerprint density at radius 1 is 1.37 bits per heavy atom. The van der Waals surface area contributed by atoms with E-state index >= 15 is 0 Å². The predicted octanol–water partition coefficient (Wildman–Crippen LogP) is 3.60. The first-order valence-corrected chi connectivity index (χ1v) is 9.26. The maximum absolute atomic E-state index is 6.22. The number of hydrogen-bond donors (Lipinski definition) is 1. The Labute approximate surface area is 124 Å². The Bertz CT molecular complexity index is 257. The van der Waals surface area contributed by atoms with Gasteiger partial charge >= 0.3 is 0 Å². The first kappa shape index (κ1) is 17.3. The zero-order valence-electron chi connectivity index (χ0n) is 13.6. The highest BCUT2D eigenvalue weighted by Crippen LogP contribution is 2.39. The molecule has 0 amide bonds. The highest BCUT2D eigenvalue weighted by atomic mass is 32.2. The molecule has 0 aromatic heterocycles. The van der Waals surface area contributed by atoms with Gasteiger partial charge in [0.05, 0.1) is 0 Å². The Morgan fingerprint density at radius 2 is 2.05 bits per heavy atom. The van der Waals surface area contributed by atoms with Gasteiger partial charge in [0, 0.05) is 23.9 Å². The molecule has 0 aromatic carbocycles. The van der Waals surface area contributed by atoms with E-state index in [2.05, 4.69) is 39.0 Å². The van der Waals surface area contributed by atoms with E-state index in [4.69, 9.17) is 5.73 Å². The smallest absolute Gasteiger partial charge is 0.0334 e. The van der Waals surface area contributed by atoms with Crippen LogP contribution in [0.3, 0.4) is 0 Å². The molecule has 114 valence electrons. The maximum Gasteiger partial charge on any atom is 0.0334 e. The minimum atomic E-state index is 0.257. The summed E-state index contributed by atoms with van der Waals surface area (Å²) in [5.74, 6) is 2.89. The van der Waals surface area contributed by atoms with Gasteiger partial charge in [0.2, 0.25) is 0 Å². The molecule has 1 fully saturated rings. The summed E-state index contributed by atoms with van der Waals surface area (Å²) in [7, 11) is 2.30. The normalized spacial score (nSPS) is 30.0. The Hall–Kier alpha value is 0.270. The van der Waals surface area contributed by atoms with Crippen LogP contribution in [-0.2, 0) is 0 Å². The summed E-state index contributed by atoms with van der Waals surface area (Å²) in [5, 5.41) is 0. The molecule has 0 bridgehead atoms. The van der Waals surface area contributed by atoms with Crippen LogP contribution in [0, 0.1) is 11.8 Å². The summed E-state index contributed by atoms with van der Waals surface area (Å²) in [6.07, 6.45) is 8.91. The molecule has 1 rings (SSSR count). The Morgan fingerprint density at radius 3 is 2.58 bits per heavy atom. The van der Waals surface area contributed by atoms with Crippen LogP contribution in [0.2, 0.25) is 0 Å². The third-order valence-electron chi connectivity index (χ3n) is 4.93. The van der Waals surface area contributed by atoms with Crippen LogP contribution in [0.1, 0.15) is 52.9 Å². The van der Waals surface area contributed by atoms with Crippen molar-refractivity contribution in [1.29, 1.82) is 0 Å². The molecular weight excluding hydrogens is 252 g/mol. The van der Waals surface area contributed by atoms with Gasteiger partial charge in [0.15, 0.2) is 0 Å². The van der Waals surface area contributed by atoms with Crippen molar-refractivity contribution in [1.82, 2.24) is 4.90 Å². The van der Waals surface area contributed by atoms with Crippen LogP contribution in [0.25, 0.3) is 0 Å². The molecule has 19 heavy (non-hydrogen) atoms. The van der Waals surface area contributed by atoms with Crippen LogP contribution in [0.5, 0.6) is 0 Å². The minimum absolute atomic E-state index is 0.257. The van der Waals surface area contributed by atoms with E-state index in [1.165, 1.54) is 37.9 Å². The van der Waals surface area contributed by atoms with E-state index in [1.807, 2.05) is 11.8 Å². The van der Waals surface area contributed by atoms with Crippen molar-refractivity contribution in [3.05, 3.63) is 0 Å². The number of nitrogens with zero attached hydrogens (tertiary/aromatic N) is 1. The average molecular weight is 287 g/mol. The topological polar surface area (TPSA) is 29.3 Å². The molecule has 1 saturated carbocycles. The molecule has 3 heteroatoms. The summed E-state index contributed by atoms with van der Waals surface area (Å²) < 4.78 is 0. The summed E-state index contributed by atoms with van der Waals surface area (Å²) in [6, 6.07) is 0.622. The van der Waals surface area contributed by atoms with Crippen LogP contribution in [-0.4, -0.2) is 42.1 Å². The van der Waals surface area contributed by atoms with Crippen molar-refractivity contribution in [2.24, 2.45) is 17.6 Å². The summed E-state index contributed by atoms with van der Waals surface area (Å²) in [6.45, 7) is 7.86. The third-order valence-corrected chi connectivity index (χ3v) is 5.74. The van der Waals surface area contributed by atoms with Gasteiger partial charge in [-0.05, 0) is 51.3 Å². The Kier molecular flexibility index (Phi) is 7.20. The monoisotopic (exact) mass is 286 g/mol. The molecule has 1 aliphatic carbocycles. The molecule has 0 radical (unpaired) electrons. The number of hydrogen-bond acceptors (Lipinski definition) is 3. The minimum Gasteiger partial charge on any atom is -0.329 e. The Balaban J connectivity index is 2.72. The molecule has 0 heterocycles. The van der Waals surface area contributed by atoms with E-state index < -0.39 is 0 Å². The summed E-state index contributed by atoms with van der Waals surface area (Å²) >= 11 is 1.94. The highest BCUT2D eigenvalue weighted by Gasteiger charge is 2.40. The van der Waals surface area contributed by atoms with Crippen LogP contribution in [0.4, 0.5) is 0 Å². The molecule has 3 unspecified atom stereocenters. The molecule has 0 aromatic rings. The molecular formula is C16H34N2S. The quantitative estimate of drug-likeness (QED) is 0.775. The second-order valence-electron chi connectivity index (χ2n) is 6.94.